The number of Topliss-reactive ketones (excluding diaryl/α,β-unsaturated/α-hetero) is 1. The van der Waals surface area contributed by atoms with Crippen molar-refractivity contribution >= 4 is 5.78 Å². The van der Waals surface area contributed by atoms with Gasteiger partial charge in [0, 0.05) is 29.4 Å². The zero-order valence-electron chi connectivity index (χ0n) is 8.47. The van der Waals surface area contributed by atoms with Gasteiger partial charge in [0.2, 0.25) is 0 Å². The van der Waals surface area contributed by atoms with E-state index in [1.807, 2.05) is 6.42 Å². The maximum Gasteiger partial charge on any atom is 0.140 e. The van der Waals surface area contributed by atoms with Crippen LogP contribution >= 0.6 is 0 Å². The fourth-order valence-corrected chi connectivity index (χ4v) is 1.06. The largest absolute Gasteiger partial charge is 0.299 e. The molecular formula is C11H10FeO4. The Hall–Kier alpha value is -0.591. The number of hydrogen-bond donors (Lipinski definition) is 0. The summed E-state index contributed by atoms with van der Waals surface area (Å²) in [6, 6.07) is 0. The summed E-state index contributed by atoms with van der Waals surface area (Å²) in [6.45, 7) is 17.0. The number of rotatable bonds is 2. The van der Waals surface area contributed by atoms with Crippen molar-refractivity contribution in [2.75, 3.05) is 0 Å². The summed E-state index contributed by atoms with van der Waals surface area (Å²) in [5, 5.41) is 0. The summed E-state index contributed by atoms with van der Waals surface area (Å²) < 4.78 is 22.5. The molecule has 0 aromatic carbocycles. The van der Waals surface area contributed by atoms with E-state index < -0.39 is 0 Å². The third kappa shape index (κ3) is 13.4. The molecule has 16 heavy (non-hydrogen) atoms. The molecule has 0 atom stereocenters. The molecule has 0 spiro atoms. The normalized spacial score (nSPS) is 12.3. The van der Waals surface area contributed by atoms with E-state index in [0.29, 0.717) is 5.78 Å². The summed E-state index contributed by atoms with van der Waals surface area (Å²) in [4.78, 5) is 10.8. The average molecular weight is 262 g/mol. The molecule has 1 aliphatic rings. The fraction of sp³-hybridized carbons (Fsp3) is 0.273. The van der Waals surface area contributed by atoms with Crippen LogP contribution in [0.4, 0.5) is 0 Å². The van der Waals surface area contributed by atoms with Gasteiger partial charge in [-0.25, -0.2) is 0 Å². The second-order valence-electron chi connectivity index (χ2n) is 2.20. The van der Waals surface area contributed by atoms with E-state index in [0.717, 1.165) is 25.2 Å². The minimum atomic E-state index is 0. The average Bonchev–Trinajstić information content (AvgIpc) is 2.74. The number of carbonyl (C=O) groups is 1. The summed E-state index contributed by atoms with van der Waals surface area (Å²) in [5.74, 6) is 1.25. The van der Waals surface area contributed by atoms with Gasteiger partial charge in [0.15, 0.2) is 0 Å². The Labute approximate surface area is 107 Å². The molecule has 1 rings (SSSR count). The molecule has 1 saturated carbocycles. The molecular weight excluding hydrogens is 252 g/mol. The van der Waals surface area contributed by atoms with Crippen LogP contribution < -0.4 is 0 Å². The van der Waals surface area contributed by atoms with Gasteiger partial charge in [0.1, 0.15) is 5.78 Å². The fourth-order valence-electron chi connectivity index (χ4n) is 1.06. The van der Waals surface area contributed by atoms with Crippen molar-refractivity contribution in [1.82, 2.24) is 0 Å². The molecule has 1 fully saturated rings. The third-order valence-corrected chi connectivity index (χ3v) is 1.53. The molecule has 0 heterocycles. The number of ketones is 1. The molecule has 0 unspecified atom stereocenters. The molecule has 0 bridgehead atoms. The van der Waals surface area contributed by atoms with E-state index >= 15 is 0 Å². The van der Waals surface area contributed by atoms with Gasteiger partial charge in [0.25, 0.3) is 0 Å². The number of hydrogen-bond acceptors (Lipinski definition) is 1. The second kappa shape index (κ2) is 23.9. The van der Waals surface area contributed by atoms with Gasteiger partial charge in [-0.05, 0) is 32.6 Å². The SMILES string of the molecule is [C-]#[O+].[C-]#[O+].[C-]#[O+].[CH2][CH][CH][C]1CCCC1=O.[Fe]. The van der Waals surface area contributed by atoms with Crippen LogP contribution in [0.1, 0.15) is 19.3 Å². The van der Waals surface area contributed by atoms with Gasteiger partial charge in [-0.3, -0.25) is 4.79 Å². The molecule has 0 aromatic rings. The van der Waals surface area contributed by atoms with Crippen molar-refractivity contribution < 1.29 is 35.8 Å². The molecule has 0 aromatic heterocycles. The van der Waals surface area contributed by atoms with Gasteiger partial charge < -0.3 is 0 Å². The monoisotopic (exact) mass is 262 g/mol. The molecule has 4 radical (unpaired) electrons. The molecule has 5 heteroatoms. The van der Waals surface area contributed by atoms with E-state index in [9.17, 15) is 4.79 Å². The molecule has 0 saturated heterocycles. The van der Waals surface area contributed by atoms with E-state index in [-0.39, 0.29) is 17.1 Å². The Bertz CT molecular complexity index is 194. The molecule has 0 amide bonds. The first kappa shape index (κ1) is 24.6. The summed E-state index contributed by atoms with van der Waals surface area (Å²) in [5.41, 5.74) is 0. The Balaban J connectivity index is -0.0000000900. The third-order valence-electron chi connectivity index (χ3n) is 1.53. The minimum Gasteiger partial charge on any atom is -0.299 e. The second-order valence-corrected chi connectivity index (χ2v) is 2.20. The van der Waals surface area contributed by atoms with Crippen LogP contribution in [0.25, 0.3) is 0 Å². The molecule has 0 N–H and O–H groups in total. The first-order valence-corrected chi connectivity index (χ1v) is 3.80. The first-order chi connectivity index (χ1) is 7.34. The zero-order chi connectivity index (χ0) is 12.7. The zero-order valence-corrected chi connectivity index (χ0v) is 9.57. The Morgan fingerprint density at radius 3 is 1.75 bits per heavy atom. The minimum absolute atomic E-state index is 0. The van der Waals surface area contributed by atoms with Crippen LogP contribution in [-0.4, -0.2) is 5.78 Å². The van der Waals surface area contributed by atoms with E-state index in [2.05, 4.69) is 26.9 Å². The van der Waals surface area contributed by atoms with Crippen LogP contribution in [0.5, 0.6) is 0 Å². The van der Waals surface area contributed by atoms with Crippen LogP contribution in [0, 0.1) is 45.6 Å². The van der Waals surface area contributed by atoms with Crippen LogP contribution in [0.15, 0.2) is 0 Å². The summed E-state index contributed by atoms with van der Waals surface area (Å²) in [6.07, 6.45) is 6.21. The van der Waals surface area contributed by atoms with Crippen molar-refractivity contribution in [3.8, 4) is 0 Å². The molecule has 86 valence electrons. The quantitative estimate of drug-likeness (QED) is 0.421. The molecule has 1 aliphatic carbocycles. The van der Waals surface area contributed by atoms with Crippen LogP contribution in [0.2, 0.25) is 0 Å². The smallest absolute Gasteiger partial charge is 0.140 e. The topological polar surface area (TPSA) is 76.8 Å². The van der Waals surface area contributed by atoms with Gasteiger partial charge in [-0.15, -0.1) is 0 Å². The Morgan fingerprint density at radius 1 is 1.06 bits per heavy atom. The van der Waals surface area contributed by atoms with Crippen LogP contribution in [-0.2, 0) is 35.8 Å². The van der Waals surface area contributed by atoms with Crippen LogP contribution in [0.3, 0.4) is 0 Å². The van der Waals surface area contributed by atoms with Crippen molar-refractivity contribution in [3.63, 3.8) is 0 Å². The maximum atomic E-state index is 10.8. The Kier molecular flexibility index (Phi) is 36.7. The first-order valence-electron chi connectivity index (χ1n) is 3.80. The van der Waals surface area contributed by atoms with E-state index in [4.69, 9.17) is 14.0 Å². The predicted octanol–water partition coefficient (Wildman–Crippen LogP) is 1.44. The number of carbonyl (C=O) groups excluding carboxylic acids is 1. The summed E-state index contributed by atoms with van der Waals surface area (Å²) in [7, 11) is 0. The van der Waals surface area contributed by atoms with Gasteiger partial charge in [0.05, 0.1) is 0 Å². The molecule has 0 aliphatic heterocycles. The van der Waals surface area contributed by atoms with Gasteiger partial charge >= 0.3 is 33.9 Å². The van der Waals surface area contributed by atoms with E-state index in [1.165, 1.54) is 0 Å². The van der Waals surface area contributed by atoms with E-state index in [1.54, 1.807) is 6.42 Å². The van der Waals surface area contributed by atoms with Gasteiger partial charge in [-0.2, -0.15) is 0 Å². The van der Waals surface area contributed by atoms with Crippen molar-refractivity contribution in [3.05, 3.63) is 45.6 Å². The van der Waals surface area contributed by atoms with Crippen molar-refractivity contribution in [1.29, 1.82) is 0 Å². The maximum absolute atomic E-state index is 10.8. The standard InChI is InChI=1S/C8H10O.3CO.Fe/c1-2-4-7-5-3-6-8(7)9;3*1-2;/h2,4H,1,3,5-6H2;;;;. The van der Waals surface area contributed by atoms with Crippen molar-refractivity contribution in [2.24, 2.45) is 0 Å². The Morgan fingerprint density at radius 2 is 1.50 bits per heavy atom. The van der Waals surface area contributed by atoms with Gasteiger partial charge in [-0.1, -0.05) is 0 Å². The summed E-state index contributed by atoms with van der Waals surface area (Å²) >= 11 is 0. The molecule has 4 nitrogen and oxygen atoms in total. The predicted molar refractivity (Wildman–Crippen MR) is 47.8 cm³/mol. The van der Waals surface area contributed by atoms with Crippen molar-refractivity contribution in [2.45, 2.75) is 19.3 Å².